The number of hydrogen-bond donors (Lipinski definition) is 0. The van der Waals surface area contributed by atoms with Crippen LogP contribution in [-0.4, -0.2) is 0 Å². The summed E-state index contributed by atoms with van der Waals surface area (Å²) in [5.74, 6) is 0. The minimum Gasteiger partial charge on any atom is -0.135 e. The highest BCUT2D eigenvalue weighted by Crippen LogP contribution is 2.64. The fraction of sp³-hybridized carbons (Fsp3) is 0.0182. The normalized spacial score (nSPS) is 13.5. The number of hydrogen-bond acceptors (Lipinski definition) is 1. The van der Waals surface area contributed by atoms with Crippen LogP contribution in [0.25, 0.3) is 97.0 Å². The molecule has 0 saturated heterocycles. The molecule has 1 spiro atoms. The Hall–Kier alpha value is -6.80. The molecule has 0 amide bonds. The van der Waals surface area contributed by atoms with Gasteiger partial charge in [-0.1, -0.05) is 164 Å². The van der Waals surface area contributed by atoms with Crippen molar-refractivity contribution in [2.45, 2.75) is 5.41 Å². The second-order valence-corrected chi connectivity index (χ2v) is 16.5. The molecular weight excluding hydrogens is 693 g/mol. The molecule has 2 aliphatic rings. The molecule has 11 aromatic rings. The monoisotopic (exact) mass is 724 g/mol. The van der Waals surface area contributed by atoms with E-state index in [1.165, 1.54) is 119 Å². The van der Waals surface area contributed by atoms with Crippen molar-refractivity contribution in [2.75, 3.05) is 0 Å². The minimum atomic E-state index is -0.421. The molecule has 0 aliphatic heterocycles. The Balaban J connectivity index is 1.09. The van der Waals surface area contributed by atoms with E-state index in [1.54, 1.807) is 0 Å². The third kappa shape index (κ3) is 3.88. The van der Waals surface area contributed by atoms with Crippen LogP contribution in [0.4, 0.5) is 0 Å². The van der Waals surface area contributed by atoms with Gasteiger partial charge in [0.25, 0.3) is 0 Å². The van der Waals surface area contributed by atoms with Gasteiger partial charge in [0.2, 0.25) is 0 Å². The van der Waals surface area contributed by atoms with Gasteiger partial charge in [0.1, 0.15) is 0 Å². The first-order valence-corrected chi connectivity index (χ1v) is 20.3. The maximum absolute atomic E-state index is 2.56. The van der Waals surface area contributed by atoms with Gasteiger partial charge in [0, 0.05) is 20.2 Å². The number of benzene rings is 10. The molecule has 0 unspecified atom stereocenters. The van der Waals surface area contributed by atoms with Gasteiger partial charge < -0.3 is 0 Å². The Labute approximate surface area is 328 Å². The average molecular weight is 725 g/mol. The lowest BCUT2D eigenvalue weighted by atomic mass is 9.70. The first-order chi connectivity index (χ1) is 27.8. The Morgan fingerprint density at radius 3 is 1.50 bits per heavy atom. The molecule has 0 bridgehead atoms. The van der Waals surface area contributed by atoms with Gasteiger partial charge in [-0.15, -0.1) is 11.3 Å². The van der Waals surface area contributed by atoms with Crippen molar-refractivity contribution in [3.05, 3.63) is 216 Å². The zero-order valence-corrected chi connectivity index (χ0v) is 31.2. The maximum atomic E-state index is 2.56. The van der Waals surface area contributed by atoms with Crippen LogP contribution >= 0.6 is 11.3 Å². The second kappa shape index (κ2) is 11.1. The standard InChI is InChI=1S/C55H32S/c1-3-17-39-37(15-1)38-16-2-4-18-40(38)46-32-52-48(31-45(39)46)47-30-34(27-28-51(47)55(52)49-24-8-5-19-41(49)42-20-6-9-25-50(42)55)33-13-11-14-35(29-33)36-22-12-23-44-43-21-7-10-26-53(43)56-54(36)44/h1-32H. The molecule has 1 heterocycles. The molecule has 0 atom stereocenters. The average Bonchev–Trinajstić information content (AvgIpc) is 3.90. The van der Waals surface area contributed by atoms with Crippen LogP contribution in [0.1, 0.15) is 22.3 Å². The van der Waals surface area contributed by atoms with E-state index in [0.29, 0.717) is 0 Å². The predicted molar refractivity (Wildman–Crippen MR) is 239 cm³/mol. The molecule has 0 fully saturated rings. The van der Waals surface area contributed by atoms with Crippen molar-refractivity contribution in [1.29, 1.82) is 0 Å². The SMILES string of the molecule is c1cc(-c2ccc3c(c2)-c2cc4c5ccccc5c5ccccc5c4cc2C32c3ccccc3-c3ccccc32)cc(-c2cccc3c2sc2ccccc23)c1. The summed E-state index contributed by atoms with van der Waals surface area (Å²) in [6, 6.07) is 73.3. The first-order valence-electron chi connectivity index (χ1n) is 19.5. The second-order valence-electron chi connectivity index (χ2n) is 15.5. The fourth-order valence-electron chi connectivity index (χ4n) is 10.6. The molecule has 0 nitrogen and oxygen atoms in total. The van der Waals surface area contributed by atoms with Crippen LogP contribution in [0.15, 0.2) is 194 Å². The van der Waals surface area contributed by atoms with Gasteiger partial charge in [-0.25, -0.2) is 0 Å². The predicted octanol–water partition coefficient (Wildman–Crippen LogP) is 15.2. The fourth-order valence-corrected chi connectivity index (χ4v) is 11.8. The number of fused-ring (bicyclic) bond motifs is 19. The van der Waals surface area contributed by atoms with E-state index in [-0.39, 0.29) is 0 Å². The Bertz CT molecular complexity index is 3440. The quantitative estimate of drug-likeness (QED) is 0.156. The number of thiophene rings is 1. The van der Waals surface area contributed by atoms with Crippen LogP contribution in [-0.2, 0) is 5.41 Å². The van der Waals surface area contributed by atoms with E-state index in [2.05, 4.69) is 194 Å². The summed E-state index contributed by atoms with van der Waals surface area (Å²) in [5, 5.41) is 10.5. The van der Waals surface area contributed by atoms with Crippen LogP contribution in [0.3, 0.4) is 0 Å². The lowest BCUT2D eigenvalue weighted by Gasteiger charge is -2.31. The van der Waals surface area contributed by atoms with Crippen LogP contribution in [0.5, 0.6) is 0 Å². The van der Waals surface area contributed by atoms with Crippen LogP contribution in [0.2, 0.25) is 0 Å². The Kier molecular flexibility index (Phi) is 6.07. The van der Waals surface area contributed by atoms with Crippen molar-refractivity contribution in [3.8, 4) is 44.5 Å². The summed E-state index contributed by atoms with van der Waals surface area (Å²) < 4.78 is 2.68. The summed E-state index contributed by atoms with van der Waals surface area (Å²) in [6.07, 6.45) is 0. The van der Waals surface area contributed by atoms with Gasteiger partial charge in [0.05, 0.1) is 5.41 Å². The van der Waals surface area contributed by atoms with Gasteiger partial charge in [0.15, 0.2) is 0 Å². The molecule has 10 aromatic carbocycles. The van der Waals surface area contributed by atoms with Crippen molar-refractivity contribution < 1.29 is 0 Å². The third-order valence-corrected chi connectivity index (χ3v) is 14.1. The van der Waals surface area contributed by atoms with E-state index >= 15 is 0 Å². The van der Waals surface area contributed by atoms with E-state index in [1.807, 2.05) is 11.3 Å². The Morgan fingerprint density at radius 1 is 0.268 bits per heavy atom. The van der Waals surface area contributed by atoms with Crippen molar-refractivity contribution >= 4 is 63.8 Å². The largest absolute Gasteiger partial charge is 0.135 e. The van der Waals surface area contributed by atoms with Gasteiger partial charge in [-0.2, -0.15) is 0 Å². The molecule has 0 saturated carbocycles. The first kappa shape index (κ1) is 30.5. The third-order valence-electron chi connectivity index (χ3n) is 12.9. The molecule has 1 aromatic heterocycles. The lowest BCUT2D eigenvalue weighted by Crippen LogP contribution is -2.25. The van der Waals surface area contributed by atoms with Gasteiger partial charge in [-0.05, 0) is 129 Å². The highest BCUT2D eigenvalue weighted by Gasteiger charge is 2.51. The summed E-state index contributed by atoms with van der Waals surface area (Å²) >= 11 is 1.89. The summed E-state index contributed by atoms with van der Waals surface area (Å²) in [4.78, 5) is 0. The minimum absolute atomic E-state index is 0.421. The van der Waals surface area contributed by atoms with E-state index < -0.39 is 5.41 Å². The van der Waals surface area contributed by atoms with Gasteiger partial charge in [-0.3, -0.25) is 0 Å². The molecule has 2 aliphatic carbocycles. The molecule has 13 rings (SSSR count). The lowest BCUT2D eigenvalue weighted by molar-refractivity contribution is 0.795. The Morgan fingerprint density at radius 2 is 0.768 bits per heavy atom. The molecular formula is C55H32S. The summed E-state index contributed by atoms with van der Waals surface area (Å²) in [6.45, 7) is 0. The molecule has 56 heavy (non-hydrogen) atoms. The van der Waals surface area contributed by atoms with Crippen molar-refractivity contribution in [2.24, 2.45) is 0 Å². The molecule has 0 N–H and O–H groups in total. The van der Waals surface area contributed by atoms with Gasteiger partial charge >= 0.3 is 0 Å². The summed E-state index contributed by atoms with van der Waals surface area (Å²) in [5.41, 5.74) is 15.4. The summed E-state index contributed by atoms with van der Waals surface area (Å²) in [7, 11) is 0. The van der Waals surface area contributed by atoms with E-state index in [4.69, 9.17) is 0 Å². The highest BCUT2D eigenvalue weighted by molar-refractivity contribution is 7.26. The highest BCUT2D eigenvalue weighted by atomic mass is 32.1. The zero-order valence-electron chi connectivity index (χ0n) is 30.4. The molecule has 1 heteroatoms. The maximum Gasteiger partial charge on any atom is 0.0725 e. The van der Waals surface area contributed by atoms with E-state index in [9.17, 15) is 0 Å². The smallest absolute Gasteiger partial charge is 0.0725 e. The number of rotatable bonds is 2. The topological polar surface area (TPSA) is 0 Å². The van der Waals surface area contributed by atoms with Crippen molar-refractivity contribution in [1.82, 2.24) is 0 Å². The molecule has 258 valence electrons. The van der Waals surface area contributed by atoms with E-state index in [0.717, 1.165) is 0 Å². The van der Waals surface area contributed by atoms with Crippen LogP contribution in [0, 0.1) is 0 Å². The van der Waals surface area contributed by atoms with Crippen molar-refractivity contribution in [3.63, 3.8) is 0 Å². The molecule has 0 radical (unpaired) electrons. The zero-order chi connectivity index (χ0) is 36.5. The van der Waals surface area contributed by atoms with Crippen LogP contribution < -0.4 is 0 Å².